The maximum atomic E-state index is 11.9. The van der Waals surface area contributed by atoms with Crippen molar-refractivity contribution in [3.05, 3.63) is 35.4 Å². The summed E-state index contributed by atoms with van der Waals surface area (Å²) in [6.45, 7) is 5.18. The quantitative estimate of drug-likeness (QED) is 0.788. The van der Waals surface area contributed by atoms with E-state index in [0.29, 0.717) is 5.92 Å². The van der Waals surface area contributed by atoms with Crippen LogP contribution in [0.3, 0.4) is 0 Å². The topological polar surface area (TPSA) is 41.1 Å². The molecule has 0 fully saturated rings. The average molecular weight is 274 g/mol. The summed E-state index contributed by atoms with van der Waals surface area (Å²) in [6.07, 6.45) is 5.52. The number of urea groups is 1. The Balaban J connectivity index is 1.80. The van der Waals surface area contributed by atoms with Crippen molar-refractivity contribution in [2.24, 2.45) is 5.92 Å². The van der Waals surface area contributed by atoms with Gasteiger partial charge in [-0.05, 0) is 49.1 Å². The third kappa shape index (κ3) is 4.26. The van der Waals surface area contributed by atoms with E-state index in [1.807, 2.05) is 0 Å². The molecule has 1 aromatic rings. The van der Waals surface area contributed by atoms with Crippen LogP contribution in [-0.4, -0.2) is 12.6 Å². The third-order valence-electron chi connectivity index (χ3n) is 3.92. The number of carbonyl (C=O) groups excluding carboxylic acids is 1. The molecule has 2 N–H and O–H groups in total. The number of rotatable bonds is 5. The highest BCUT2D eigenvalue weighted by Crippen LogP contribution is 2.29. The van der Waals surface area contributed by atoms with Gasteiger partial charge in [0.2, 0.25) is 0 Å². The smallest absolute Gasteiger partial charge is 0.315 e. The van der Waals surface area contributed by atoms with Crippen molar-refractivity contribution < 1.29 is 4.79 Å². The summed E-state index contributed by atoms with van der Waals surface area (Å²) >= 11 is 0. The SMILES string of the molecule is CC(C)CCCNC(=O)N[C@H]1CCCc2ccccc21. The second-order valence-corrected chi connectivity index (χ2v) is 6.08. The first-order valence-electron chi connectivity index (χ1n) is 7.79. The molecule has 2 rings (SSSR count). The first-order valence-corrected chi connectivity index (χ1v) is 7.79. The van der Waals surface area contributed by atoms with Crippen LogP contribution in [0.5, 0.6) is 0 Å². The second-order valence-electron chi connectivity index (χ2n) is 6.08. The fourth-order valence-corrected chi connectivity index (χ4v) is 2.83. The van der Waals surface area contributed by atoms with Crippen LogP contribution in [0.4, 0.5) is 4.79 Å². The van der Waals surface area contributed by atoms with Crippen molar-refractivity contribution in [2.45, 2.75) is 52.0 Å². The number of hydrogen-bond acceptors (Lipinski definition) is 1. The molecule has 2 amide bonds. The molecular formula is C17H26N2O. The zero-order chi connectivity index (χ0) is 14.4. The van der Waals surface area contributed by atoms with Gasteiger partial charge in [0.25, 0.3) is 0 Å². The van der Waals surface area contributed by atoms with E-state index < -0.39 is 0 Å². The summed E-state index contributed by atoms with van der Waals surface area (Å²) in [5.41, 5.74) is 2.67. The van der Waals surface area contributed by atoms with Gasteiger partial charge in [-0.15, -0.1) is 0 Å². The van der Waals surface area contributed by atoms with E-state index in [4.69, 9.17) is 0 Å². The van der Waals surface area contributed by atoms with Gasteiger partial charge < -0.3 is 10.6 Å². The molecule has 0 aliphatic heterocycles. The summed E-state index contributed by atoms with van der Waals surface area (Å²) < 4.78 is 0. The highest BCUT2D eigenvalue weighted by Gasteiger charge is 2.20. The first-order chi connectivity index (χ1) is 9.66. The number of aryl methyl sites for hydroxylation is 1. The number of amides is 2. The van der Waals surface area contributed by atoms with Crippen molar-refractivity contribution in [2.75, 3.05) is 6.54 Å². The number of fused-ring (bicyclic) bond motifs is 1. The molecule has 3 nitrogen and oxygen atoms in total. The molecule has 0 saturated carbocycles. The number of benzene rings is 1. The van der Waals surface area contributed by atoms with E-state index in [1.54, 1.807) is 0 Å². The van der Waals surface area contributed by atoms with Gasteiger partial charge in [-0.25, -0.2) is 4.79 Å². The summed E-state index contributed by atoms with van der Waals surface area (Å²) in [4.78, 5) is 11.9. The van der Waals surface area contributed by atoms with Crippen LogP contribution >= 0.6 is 0 Å². The molecule has 20 heavy (non-hydrogen) atoms. The normalized spacial score (nSPS) is 17.6. The average Bonchev–Trinajstić information content (AvgIpc) is 2.44. The van der Waals surface area contributed by atoms with Crippen molar-refractivity contribution in [1.29, 1.82) is 0 Å². The van der Waals surface area contributed by atoms with Crippen LogP contribution in [0.25, 0.3) is 0 Å². The predicted molar refractivity (Wildman–Crippen MR) is 82.7 cm³/mol. The van der Waals surface area contributed by atoms with Gasteiger partial charge in [0.15, 0.2) is 0 Å². The lowest BCUT2D eigenvalue weighted by molar-refractivity contribution is 0.235. The zero-order valence-electron chi connectivity index (χ0n) is 12.6. The van der Waals surface area contributed by atoms with Gasteiger partial charge in [0.05, 0.1) is 6.04 Å². The van der Waals surface area contributed by atoms with E-state index in [1.165, 1.54) is 11.1 Å². The Kier molecular flexibility index (Phi) is 5.45. The van der Waals surface area contributed by atoms with Crippen LogP contribution in [0.2, 0.25) is 0 Å². The fraction of sp³-hybridized carbons (Fsp3) is 0.588. The molecule has 0 aromatic heterocycles. The fourth-order valence-electron chi connectivity index (χ4n) is 2.83. The Labute approximate surface area is 122 Å². The lowest BCUT2D eigenvalue weighted by Crippen LogP contribution is -2.39. The minimum absolute atomic E-state index is 0.0320. The molecule has 3 heteroatoms. The summed E-state index contributed by atoms with van der Waals surface area (Å²) in [6, 6.07) is 8.58. The second kappa shape index (κ2) is 7.32. The molecule has 1 atom stereocenters. The molecule has 0 heterocycles. The number of carbonyl (C=O) groups is 1. The molecule has 1 aromatic carbocycles. The highest BCUT2D eigenvalue weighted by atomic mass is 16.2. The van der Waals surface area contributed by atoms with Gasteiger partial charge in [-0.2, -0.15) is 0 Å². The Morgan fingerprint density at radius 2 is 2.15 bits per heavy atom. The van der Waals surface area contributed by atoms with E-state index in [9.17, 15) is 4.79 Å². The molecule has 0 radical (unpaired) electrons. The maximum Gasteiger partial charge on any atom is 0.315 e. The first kappa shape index (κ1) is 14.9. The van der Waals surface area contributed by atoms with Crippen LogP contribution in [0, 0.1) is 5.92 Å². The lowest BCUT2D eigenvalue weighted by Gasteiger charge is -2.26. The van der Waals surface area contributed by atoms with Crippen LogP contribution in [-0.2, 0) is 6.42 Å². The minimum atomic E-state index is -0.0320. The van der Waals surface area contributed by atoms with Crippen LogP contribution in [0.1, 0.15) is 56.7 Å². The molecule has 0 spiro atoms. The van der Waals surface area contributed by atoms with Gasteiger partial charge in [0.1, 0.15) is 0 Å². The largest absolute Gasteiger partial charge is 0.338 e. The monoisotopic (exact) mass is 274 g/mol. The molecule has 110 valence electrons. The Bertz CT molecular complexity index is 442. The van der Waals surface area contributed by atoms with Crippen molar-refractivity contribution in [1.82, 2.24) is 10.6 Å². The Morgan fingerprint density at radius 3 is 2.95 bits per heavy atom. The molecular weight excluding hydrogens is 248 g/mol. The van der Waals surface area contributed by atoms with Gasteiger partial charge in [-0.1, -0.05) is 38.1 Å². The molecule has 0 saturated heterocycles. The van der Waals surface area contributed by atoms with Crippen molar-refractivity contribution in [3.63, 3.8) is 0 Å². The third-order valence-corrected chi connectivity index (χ3v) is 3.92. The number of nitrogens with one attached hydrogen (secondary N) is 2. The zero-order valence-corrected chi connectivity index (χ0v) is 12.6. The Hall–Kier alpha value is -1.51. The summed E-state index contributed by atoms with van der Waals surface area (Å²) in [7, 11) is 0. The predicted octanol–water partition coefficient (Wildman–Crippen LogP) is 3.80. The highest BCUT2D eigenvalue weighted by molar-refractivity contribution is 5.74. The molecule has 1 aliphatic carbocycles. The van der Waals surface area contributed by atoms with Gasteiger partial charge in [-0.3, -0.25) is 0 Å². The lowest BCUT2D eigenvalue weighted by atomic mass is 9.88. The van der Waals surface area contributed by atoms with Gasteiger partial charge >= 0.3 is 6.03 Å². The summed E-state index contributed by atoms with van der Waals surface area (Å²) in [5.74, 6) is 0.699. The van der Waals surface area contributed by atoms with Crippen LogP contribution < -0.4 is 10.6 Å². The number of hydrogen-bond donors (Lipinski definition) is 2. The van der Waals surface area contributed by atoms with Crippen molar-refractivity contribution in [3.8, 4) is 0 Å². The Morgan fingerprint density at radius 1 is 1.35 bits per heavy atom. The maximum absolute atomic E-state index is 11.9. The minimum Gasteiger partial charge on any atom is -0.338 e. The van der Waals surface area contributed by atoms with E-state index >= 15 is 0 Å². The summed E-state index contributed by atoms with van der Waals surface area (Å²) in [5, 5.41) is 6.08. The molecule has 0 unspecified atom stereocenters. The molecule has 0 bridgehead atoms. The molecule has 1 aliphatic rings. The van der Waals surface area contributed by atoms with E-state index in [0.717, 1.165) is 38.6 Å². The standard InChI is InChI=1S/C17H26N2O/c1-13(2)7-6-12-18-17(20)19-16-11-5-9-14-8-3-4-10-15(14)16/h3-4,8,10,13,16H,5-7,9,11-12H2,1-2H3,(H2,18,19,20)/t16-/m0/s1. The van der Waals surface area contributed by atoms with Crippen LogP contribution in [0.15, 0.2) is 24.3 Å². The van der Waals surface area contributed by atoms with Gasteiger partial charge in [0, 0.05) is 6.54 Å². The van der Waals surface area contributed by atoms with E-state index in [2.05, 4.69) is 48.7 Å². The van der Waals surface area contributed by atoms with E-state index in [-0.39, 0.29) is 12.1 Å². The van der Waals surface area contributed by atoms with Crippen molar-refractivity contribution >= 4 is 6.03 Å².